The van der Waals surface area contributed by atoms with Crippen LogP contribution in [0.2, 0.25) is 0 Å². The van der Waals surface area contributed by atoms with E-state index in [1.165, 1.54) is 0 Å². The molecule has 2 atom stereocenters. The SMILES string of the molecule is O=C(O)CC(NC(=O)[C@H]1CCCO1)c1ccccc1. The average Bonchev–Trinajstić information content (AvgIpc) is 2.92. The number of amides is 1. The molecule has 1 heterocycles. The molecule has 1 amide bonds. The van der Waals surface area contributed by atoms with Crippen molar-refractivity contribution in [2.24, 2.45) is 0 Å². The number of hydrogen-bond acceptors (Lipinski definition) is 3. The van der Waals surface area contributed by atoms with Gasteiger partial charge in [-0.05, 0) is 18.4 Å². The zero-order chi connectivity index (χ0) is 13.7. The van der Waals surface area contributed by atoms with Crippen molar-refractivity contribution in [2.45, 2.75) is 31.4 Å². The summed E-state index contributed by atoms with van der Waals surface area (Å²) in [6.45, 7) is 0.590. The van der Waals surface area contributed by atoms with E-state index in [0.29, 0.717) is 13.0 Å². The van der Waals surface area contributed by atoms with Crippen LogP contribution in [0.5, 0.6) is 0 Å². The minimum Gasteiger partial charge on any atom is -0.481 e. The summed E-state index contributed by atoms with van der Waals surface area (Å²) in [6, 6.07) is 8.59. The lowest BCUT2D eigenvalue weighted by atomic mass is 10.0. The number of carbonyl (C=O) groups excluding carboxylic acids is 1. The molecule has 0 aliphatic carbocycles. The molecular weight excluding hydrogens is 246 g/mol. The first-order valence-electron chi connectivity index (χ1n) is 6.35. The molecule has 1 fully saturated rings. The summed E-state index contributed by atoms with van der Waals surface area (Å²) < 4.78 is 5.30. The first-order chi connectivity index (χ1) is 9.16. The van der Waals surface area contributed by atoms with E-state index in [2.05, 4.69) is 5.32 Å². The lowest BCUT2D eigenvalue weighted by Crippen LogP contribution is -2.37. The van der Waals surface area contributed by atoms with Crippen molar-refractivity contribution in [3.8, 4) is 0 Å². The zero-order valence-electron chi connectivity index (χ0n) is 10.5. The first kappa shape index (κ1) is 13.5. The fourth-order valence-electron chi connectivity index (χ4n) is 2.16. The van der Waals surface area contributed by atoms with E-state index in [4.69, 9.17) is 9.84 Å². The Labute approximate surface area is 111 Å². The topological polar surface area (TPSA) is 75.6 Å². The smallest absolute Gasteiger partial charge is 0.305 e. The zero-order valence-corrected chi connectivity index (χ0v) is 10.5. The molecule has 2 rings (SSSR count). The van der Waals surface area contributed by atoms with Gasteiger partial charge in [0, 0.05) is 6.61 Å². The van der Waals surface area contributed by atoms with Gasteiger partial charge >= 0.3 is 5.97 Å². The van der Waals surface area contributed by atoms with Crippen LogP contribution >= 0.6 is 0 Å². The van der Waals surface area contributed by atoms with Crippen LogP contribution in [0, 0.1) is 0 Å². The molecule has 0 saturated carbocycles. The minimum absolute atomic E-state index is 0.136. The molecular formula is C14H17NO4. The van der Waals surface area contributed by atoms with E-state index in [9.17, 15) is 9.59 Å². The highest BCUT2D eigenvalue weighted by molar-refractivity contribution is 5.82. The number of ether oxygens (including phenoxy) is 1. The maximum Gasteiger partial charge on any atom is 0.305 e. The number of rotatable bonds is 5. The van der Waals surface area contributed by atoms with Crippen LogP contribution in [0.1, 0.15) is 30.9 Å². The highest BCUT2D eigenvalue weighted by Gasteiger charge is 2.26. The van der Waals surface area contributed by atoms with Crippen LogP contribution in [0.15, 0.2) is 30.3 Å². The van der Waals surface area contributed by atoms with Gasteiger partial charge in [-0.15, -0.1) is 0 Å². The molecule has 0 aromatic heterocycles. The van der Waals surface area contributed by atoms with Crippen LogP contribution in [0.3, 0.4) is 0 Å². The van der Waals surface area contributed by atoms with Gasteiger partial charge in [-0.3, -0.25) is 9.59 Å². The highest BCUT2D eigenvalue weighted by Crippen LogP contribution is 2.19. The molecule has 0 bridgehead atoms. The second-order valence-corrected chi connectivity index (χ2v) is 4.57. The summed E-state index contributed by atoms with van der Waals surface area (Å²) in [5.74, 6) is -1.17. The van der Waals surface area contributed by atoms with Crippen LogP contribution in [-0.4, -0.2) is 29.7 Å². The van der Waals surface area contributed by atoms with E-state index in [1.807, 2.05) is 30.3 Å². The predicted molar refractivity (Wildman–Crippen MR) is 68.6 cm³/mol. The fourth-order valence-corrected chi connectivity index (χ4v) is 2.16. The number of carboxylic acid groups (broad SMARTS) is 1. The molecule has 5 nitrogen and oxygen atoms in total. The summed E-state index contributed by atoms with van der Waals surface area (Å²) in [6.07, 6.45) is 0.982. The second-order valence-electron chi connectivity index (χ2n) is 4.57. The third kappa shape index (κ3) is 3.79. The van der Waals surface area contributed by atoms with Gasteiger partial charge in [0.2, 0.25) is 5.91 Å². The van der Waals surface area contributed by atoms with Crippen LogP contribution in [0.25, 0.3) is 0 Å². The standard InChI is InChI=1S/C14H17NO4/c16-13(17)9-11(10-5-2-1-3-6-10)15-14(18)12-7-4-8-19-12/h1-3,5-6,11-12H,4,7-9H2,(H,15,18)(H,16,17)/t11?,12-/m1/s1. The van der Waals surface area contributed by atoms with Gasteiger partial charge in [0.05, 0.1) is 12.5 Å². The Bertz CT molecular complexity index is 440. The van der Waals surface area contributed by atoms with Crippen molar-refractivity contribution >= 4 is 11.9 Å². The Balaban J connectivity index is 2.05. The Hall–Kier alpha value is -1.88. The predicted octanol–water partition coefficient (Wildman–Crippen LogP) is 1.50. The van der Waals surface area contributed by atoms with Crippen molar-refractivity contribution in [2.75, 3.05) is 6.61 Å². The summed E-state index contributed by atoms with van der Waals surface area (Å²) in [7, 11) is 0. The Morgan fingerprint density at radius 2 is 2.11 bits per heavy atom. The van der Waals surface area contributed by atoms with E-state index in [1.54, 1.807) is 0 Å². The second kappa shape index (κ2) is 6.33. The van der Waals surface area contributed by atoms with Gasteiger partial charge in [-0.1, -0.05) is 30.3 Å². The third-order valence-corrected chi connectivity index (χ3v) is 3.12. The molecule has 0 spiro atoms. The van der Waals surface area contributed by atoms with Gasteiger partial charge in [0.25, 0.3) is 0 Å². The number of aliphatic carboxylic acids is 1. The summed E-state index contributed by atoms with van der Waals surface area (Å²) in [4.78, 5) is 22.9. The van der Waals surface area contributed by atoms with E-state index in [0.717, 1.165) is 12.0 Å². The van der Waals surface area contributed by atoms with Crippen molar-refractivity contribution in [3.63, 3.8) is 0 Å². The number of carbonyl (C=O) groups is 2. The minimum atomic E-state index is -0.943. The third-order valence-electron chi connectivity index (χ3n) is 3.12. The van der Waals surface area contributed by atoms with Crippen LogP contribution in [-0.2, 0) is 14.3 Å². The summed E-state index contributed by atoms with van der Waals surface area (Å²) in [5, 5.41) is 11.7. The monoisotopic (exact) mass is 263 g/mol. The molecule has 1 unspecified atom stereocenters. The van der Waals surface area contributed by atoms with E-state index >= 15 is 0 Å². The molecule has 1 saturated heterocycles. The van der Waals surface area contributed by atoms with E-state index < -0.39 is 18.1 Å². The molecule has 102 valence electrons. The summed E-state index contributed by atoms with van der Waals surface area (Å²) in [5.41, 5.74) is 0.788. The molecule has 5 heteroatoms. The lowest BCUT2D eigenvalue weighted by molar-refractivity contribution is -0.138. The number of carboxylic acids is 1. The van der Waals surface area contributed by atoms with Crippen molar-refractivity contribution in [3.05, 3.63) is 35.9 Å². The molecule has 1 aliphatic rings. The fraction of sp³-hybridized carbons (Fsp3) is 0.429. The molecule has 19 heavy (non-hydrogen) atoms. The normalized spacial score (nSPS) is 19.9. The van der Waals surface area contributed by atoms with Crippen molar-refractivity contribution in [1.29, 1.82) is 0 Å². The quantitative estimate of drug-likeness (QED) is 0.844. The Kier molecular flexibility index (Phi) is 4.52. The molecule has 2 N–H and O–H groups in total. The highest BCUT2D eigenvalue weighted by atomic mass is 16.5. The Morgan fingerprint density at radius 3 is 2.68 bits per heavy atom. The number of nitrogens with one attached hydrogen (secondary N) is 1. The first-order valence-corrected chi connectivity index (χ1v) is 6.35. The maximum absolute atomic E-state index is 12.0. The number of benzene rings is 1. The molecule has 0 radical (unpaired) electrons. The van der Waals surface area contributed by atoms with Gasteiger partial charge < -0.3 is 15.2 Å². The van der Waals surface area contributed by atoms with Gasteiger partial charge in [0.15, 0.2) is 0 Å². The van der Waals surface area contributed by atoms with Crippen LogP contribution < -0.4 is 5.32 Å². The number of hydrogen-bond donors (Lipinski definition) is 2. The van der Waals surface area contributed by atoms with Gasteiger partial charge in [-0.25, -0.2) is 0 Å². The molecule has 1 aromatic carbocycles. The van der Waals surface area contributed by atoms with E-state index in [-0.39, 0.29) is 12.3 Å². The molecule has 1 aliphatic heterocycles. The molecule has 1 aromatic rings. The van der Waals surface area contributed by atoms with Gasteiger partial charge in [0.1, 0.15) is 6.10 Å². The Morgan fingerprint density at radius 1 is 1.37 bits per heavy atom. The van der Waals surface area contributed by atoms with Gasteiger partial charge in [-0.2, -0.15) is 0 Å². The lowest BCUT2D eigenvalue weighted by Gasteiger charge is -2.19. The summed E-state index contributed by atoms with van der Waals surface area (Å²) >= 11 is 0. The van der Waals surface area contributed by atoms with Crippen molar-refractivity contribution < 1.29 is 19.4 Å². The average molecular weight is 263 g/mol. The van der Waals surface area contributed by atoms with Crippen molar-refractivity contribution in [1.82, 2.24) is 5.32 Å². The maximum atomic E-state index is 12.0. The van der Waals surface area contributed by atoms with Crippen LogP contribution in [0.4, 0.5) is 0 Å². The largest absolute Gasteiger partial charge is 0.481 e.